The lowest BCUT2D eigenvalue weighted by molar-refractivity contribution is -0.144. The van der Waals surface area contributed by atoms with Crippen molar-refractivity contribution in [1.29, 1.82) is 0 Å². The molecule has 0 aromatic heterocycles. The molecule has 0 aliphatic heterocycles. The number of rotatable bonds is 8. The van der Waals surface area contributed by atoms with Gasteiger partial charge in [0.25, 0.3) is 0 Å². The number of carbonyl (C=O) groups is 2. The molecule has 2 aromatic rings. The van der Waals surface area contributed by atoms with Crippen molar-refractivity contribution in [3.63, 3.8) is 0 Å². The van der Waals surface area contributed by atoms with Crippen molar-refractivity contribution in [3.05, 3.63) is 53.8 Å². The Hall–Kier alpha value is -3.09. The normalized spacial score (nSPS) is 10.0. The van der Waals surface area contributed by atoms with Crippen LogP contribution >= 0.6 is 0 Å². The van der Waals surface area contributed by atoms with Gasteiger partial charge in [-0.3, -0.25) is 4.79 Å². The maximum absolute atomic E-state index is 12.8. The molecule has 0 heterocycles. The first-order valence-corrected chi connectivity index (χ1v) is 7.32. The van der Waals surface area contributed by atoms with Crippen molar-refractivity contribution in [1.82, 2.24) is 0 Å². The van der Waals surface area contributed by atoms with Gasteiger partial charge in [-0.2, -0.15) is 0 Å². The molecular weight excluding hydrogens is 331 g/mol. The van der Waals surface area contributed by atoms with Crippen LogP contribution in [0.3, 0.4) is 0 Å². The first-order chi connectivity index (χ1) is 12.0. The number of ether oxygens (including phenoxy) is 4. The van der Waals surface area contributed by atoms with Gasteiger partial charge in [-0.25, -0.2) is 9.18 Å². The number of methoxy groups -OCH3 is 2. The molecule has 0 spiro atoms. The second-order valence-electron chi connectivity index (χ2n) is 4.89. The summed E-state index contributed by atoms with van der Waals surface area (Å²) >= 11 is 0. The minimum Gasteiger partial charge on any atom is -0.497 e. The Labute approximate surface area is 144 Å². The van der Waals surface area contributed by atoms with Gasteiger partial charge in [0, 0.05) is 0 Å². The van der Waals surface area contributed by atoms with E-state index in [9.17, 15) is 14.0 Å². The second-order valence-corrected chi connectivity index (χ2v) is 4.89. The van der Waals surface area contributed by atoms with E-state index in [1.54, 1.807) is 12.1 Å². The highest BCUT2D eigenvalue weighted by Gasteiger charge is 2.16. The van der Waals surface area contributed by atoms with E-state index in [-0.39, 0.29) is 5.56 Å². The quantitative estimate of drug-likeness (QED) is 0.539. The third kappa shape index (κ3) is 5.20. The Kier molecular flexibility index (Phi) is 6.33. The predicted molar refractivity (Wildman–Crippen MR) is 86.7 cm³/mol. The van der Waals surface area contributed by atoms with Gasteiger partial charge in [0.2, 0.25) is 5.78 Å². The molecule has 0 atom stereocenters. The van der Waals surface area contributed by atoms with E-state index in [2.05, 4.69) is 0 Å². The molecule has 0 amide bonds. The van der Waals surface area contributed by atoms with Crippen LogP contribution < -0.4 is 14.2 Å². The zero-order chi connectivity index (χ0) is 18.2. The summed E-state index contributed by atoms with van der Waals surface area (Å²) in [6.45, 7) is -0.858. The van der Waals surface area contributed by atoms with Crippen molar-refractivity contribution in [3.8, 4) is 17.2 Å². The molecule has 132 valence electrons. The summed E-state index contributed by atoms with van der Waals surface area (Å²) in [6, 6.07) is 9.93. The maximum atomic E-state index is 12.8. The molecule has 0 aliphatic carbocycles. The van der Waals surface area contributed by atoms with Crippen molar-refractivity contribution in [2.75, 3.05) is 27.4 Å². The molecule has 25 heavy (non-hydrogen) atoms. The fourth-order valence-corrected chi connectivity index (χ4v) is 1.97. The standard InChI is InChI=1S/C18H17FO6/c1-22-14-7-8-17(23-2)15(9-14)16(20)10-25-18(21)11-24-13-5-3-12(19)4-6-13/h3-9H,10-11H2,1-2H3. The summed E-state index contributed by atoms with van der Waals surface area (Å²) in [5, 5.41) is 0. The minimum absolute atomic E-state index is 0.245. The molecule has 2 rings (SSSR count). The number of halogens is 1. The summed E-state index contributed by atoms with van der Waals surface area (Å²) in [4.78, 5) is 23.9. The van der Waals surface area contributed by atoms with E-state index in [1.165, 1.54) is 44.6 Å². The summed E-state index contributed by atoms with van der Waals surface area (Å²) in [5.74, 6) is -0.420. The van der Waals surface area contributed by atoms with Gasteiger partial charge in [0.1, 0.15) is 23.1 Å². The molecule has 0 radical (unpaired) electrons. The highest BCUT2D eigenvalue weighted by atomic mass is 19.1. The lowest BCUT2D eigenvalue weighted by Gasteiger charge is -2.10. The van der Waals surface area contributed by atoms with Crippen LogP contribution in [0, 0.1) is 5.82 Å². The Balaban J connectivity index is 1.88. The van der Waals surface area contributed by atoms with Crippen LogP contribution in [-0.2, 0) is 9.53 Å². The fraction of sp³-hybridized carbons (Fsp3) is 0.222. The summed E-state index contributed by atoms with van der Waals surface area (Å²) in [7, 11) is 2.91. The molecular formula is C18H17FO6. The maximum Gasteiger partial charge on any atom is 0.344 e. The molecule has 0 unspecified atom stereocenters. The first-order valence-electron chi connectivity index (χ1n) is 7.32. The van der Waals surface area contributed by atoms with Crippen LogP contribution in [0.4, 0.5) is 4.39 Å². The average Bonchev–Trinajstić information content (AvgIpc) is 2.65. The lowest BCUT2D eigenvalue weighted by atomic mass is 10.1. The van der Waals surface area contributed by atoms with Gasteiger partial charge in [-0.1, -0.05) is 0 Å². The molecule has 0 saturated heterocycles. The van der Waals surface area contributed by atoms with Gasteiger partial charge in [0.15, 0.2) is 13.2 Å². The highest BCUT2D eigenvalue weighted by molar-refractivity contribution is 6.00. The van der Waals surface area contributed by atoms with Gasteiger partial charge < -0.3 is 18.9 Å². The van der Waals surface area contributed by atoms with Crippen LogP contribution in [0.15, 0.2) is 42.5 Å². The Morgan fingerprint density at radius 3 is 2.24 bits per heavy atom. The molecule has 0 N–H and O–H groups in total. The first kappa shape index (κ1) is 18.3. The van der Waals surface area contributed by atoms with Crippen LogP contribution in [0.2, 0.25) is 0 Å². The van der Waals surface area contributed by atoms with Crippen molar-refractivity contribution in [2.45, 2.75) is 0 Å². The summed E-state index contributed by atoms with van der Waals surface area (Å²) in [6.07, 6.45) is 0. The minimum atomic E-state index is -0.723. The topological polar surface area (TPSA) is 71.1 Å². The fourth-order valence-electron chi connectivity index (χ4n) is 1.97. The van der Waals surface area contributed by atoms with Gasteiger partial charge in [-0.05, 0) is 42.5 Å². The number of esters is 1. The summed E-state index contributed by atoms with van der Waals surface area (Å²) < 4.78 is 33.0. The van der Waals surface area contributed by atoms with Crippen LogP contribution in [0.1, 0.15) is 10.4 Å². The highest BCUT2D eigenvalue weighted by Crippen LogP contribution is 2.24. The van der Waals surface area contributed by atoms with Crippen LogP contribution in [0.5, 0.6) is 17.2 Å². The van der Waals surface area contributed by atoms with Gasteiger partial charge >= 0.3 is 5.97 Å². The number of Topliss-reactive ketones (excluding diaryl/α,β-unsaturated/α-hetero) is 1. The van der Waals surface area contributed by atoms with Crippen molar-refractivity contribution >= 4 is 11.8 Å². The second kappa shape index (κ2) is 8.68. The van der Waals surface area contributed by atoms with E-state index >= 15 is 0 Å². The number of ketones is 1. The average molecular weight is 348 g/mol. The van der Waals surface area contributed by atoms with Crippen molar-refractivity contribution in [2.24, 2.45) is 0 Å². The molecule has 0 fully saturated rings. The zero-order valence-electron chi connectivity index (χ0n) is 13.8. The number of benzene rings is 2. The predicted octanol–water partition coefficient (Wildman–Crippen LogP) is 2.65. The largest absolute Gasteiger partial charge is 0.497 e. The zero-order valence-corrected chi connectivity index (χ0v) is 13.8. The van der Waals surface area contributed by atoms with E-state index < -0.39 is 30.8 Å². The Morgan fingerprint density at radius 2 is 1.60 bits per heavy atom. The van der Waals surface area contributed by atoms with E-state index in [0.29, 0.717) is 17.2 Å². The smallest absolute Gasteiger partial charge is 0.344 e. The van der Waals surface area contributed by atoms with Gasteiger partial charge in [0.05, 0.1) is 19.8 Å². The monoisotopic (exact) mass is 348 g/mol. The molecule has 6 nitrogen and oxygen atoms in total. The van der Waals surface area contributed by atoms with E-state index in [0.717, 1.165) is 0 Å². The molecule has 2 aromatic carbocycles. The van der Waals surface area contributed by atoms with Crippen LogP contribution in [0.25, 0.3) is 0 Å². The number of carbonyl (C=O) groups excluding carboxylic acids is 2. The SMILES string of the molecule is COc1ccc(OC)c(C(=O)COC(=O)COc2ccc(F)cc2)c1. The number of hydrogen-bond donors (Lipinski definition) is 0. The lowest BCUT2D eigenvalue weighted by Crippen LogP contribution is -2.20. The van der Waals surface area contributed by atoms with E-state index in [4.69, 9.17) is 18.9 Å². The van der Waals surface area contributed by atoms with E-state index in [1.807, 2.05) is 0 Å². The molecule has 0 saturated carbocycles. The third-order valence-corrected chi connectivity index (χ3v) is 3.24. The van der Waals surface area contributed by atoms with Crippen LogP contribution in [-0.4, -0.2) is 39.2 Å². The Morgan fingerprint density at radius 1 is 0.920 bits per heavy atom. The molecule has 7 heteroatoms. The van der Waals surface area contributed by atoms with Gasteiger partial charge in [-0.15, -0.1) is 0 Å². The number of hydrogen-bond acceptors (Lipinski definition) is 6. The summed E-state index contributed by atoms with van der Waals surface area (Å²) in [5.41, 5.74) is 0.245. The Bertz CT molecular complexity index is 742. The molecule has 0 bridgehead atoms. The third-order valence-electron chi connectivity index (χ3n) is 3.24. The van der Waals surface area contributed by atoms with Crippen molar-refractivity contribution < 1.29 is 32.9 Å². The molecule has 0 aliphatic rings.